The summed E-state index contributed by atoms with van der Waals surface area (Å²) in [4.78, 5) is 46.3. The summed E-state index contributed by atoms with van der Waals surface area (Å²) >= 11 is 0. The highest BCUT2D eigenvalue weighted by Gasteiger charge is 2.06. The molecule has 1 amide bonds. The third-order valence-corrected chi connectivity index (χ3v) is 1.71. The third-order valence-electron chi connectivity index (χ3n) is 1.71. The van der Waals surface area contributed by atoms with E-state index in [9.17, 15) is 19.2 Å². The molecule has 6 nitrogen and oxygen atoms in total. The molecule has 0 saturated carbocycles. The fourth-order valence-corrected chi connectivity index (χ4v) is 0.892. The molecular weight excluding hydrogens is 214 g/mol. The van der Waals surface area contributed by atoms with E-state index in [0.717, 1.165) is 6.29 Å². The van der Waals surface area contributed by atoms with Crippen LogP contribution in [-0.4, -0.2) is 24.4 Å². The number of amides is 1. The normalized spacial score (nSPS) is 9.25. The molecule has 0 saturated heterocycles. The van der Waals surface area contributed by atoms with Crippen molar-refractivity contribution in [2.75, 3.05) is 0 Å². The molecule has 1 N–H and O–H groups in total. The second kappa shape index (κ2) is 9.82. The van der Waals surface area contributed by atoms with Crippen molar-refractivity contribution in [3.05, 3.63) is 0 Å². The second-order valence-corrected chi connectivity index (χ2v) is 3.12. The zero-order valence-electron chi connectivity index (χ0n) is 8.94. The predicted molar refractivity (Wildman–Crippen MR) is 54.1 cm³/mol. The molecule has 6 heteroatoms. The summed E-state index contributed by atoms with van der Waals surface area (Å²) in [5, 5.41) is 0. The first-order valence-corrected chi connectivity index (χ1v) is 5.06. The lowest BCUT2D eigenvalue weighted by atomic mass is 10.2. The van der Waals surface area contributed by atoms with Gasteiger partial charge in [-0.1, -0.05) is 0 Å². The summed E-state index contributed by atoms with van der Waals surface area (Å²) in [7, 11) is 0. The number of hydroxylamine groups is 1. The van der Waals surface area contributed by atoms with E-state index in [2.05, 4.69) is 4.84 Å². The minimum atomic E-state index is -0.578. The van der Waals surface area contributed by atoms with Gasteiger partial charge in [-0.3, -0.25) is 4.79 Å². The molecule has 0 heterocycles. The van der Waals surface area contributed by atoms with Gasteiger partial charge in [-0.15, -0.1) is 0 Å². The van der Waals surface area contributed by atoms with Crippen molar-refractivity contribution in [1.82, 2.24) is 5.48 Å². The monoisotopic (exact) mass is 229 g/mol. The van der Waals surface area contributed by atoms with Crippen molar-refractivity contribution in [2.24, 2.45) is 0 Å². The van der Waals surface area contributed by atoms with Crippen LogP contribution >= 0.6 is 0 Å². The van der Waals surface area contributed by atoms with Gasteiger partial charge >= 0.3 is 5.97 Å². The average molecular weight is 229 g/mol. The summed E-state index contributed by atoms with van der Waals surface area (Å²) in [6.45, 7) is 0. The number of aldehydes is 2. The van der Waals surface area contributed by atoms with Gasteiger partial charge in [-0.25, -0.2) is 4.79 Å². The number of hydrogen-bond acceptors (Lipinski definition) is 5. The molecule has 0 aliphatic carbocycles. The van der Waals surface area contributed by atoms with Crippen LogP contribution < -0.4 is 5.48 Å². The van der Waals surface area contributed by atoms with Crippen molar-refractivity contribution >= 4 is 24.4 Å². The van der Waals surface area contributed by atoms with Gasteiger partial charge in [0.1, 0.15) is 12.6 Å². The molecule has 0 aliphatic heterocycles. The Morgan fingerprint density at radius 1 is 1.00 bits per heavy atom. The molecule has 0 fully saturated rings. The largest absolute Gasteiger partial charge is 0.341 e. The van der Waals surface area contributed by atoms with E-state index in [1.807, 2.05) is 5.48 Å². The van der Waals surface area contributed by atoms with E-state index in [0.29, 0.717) is 32.0 Å². The third kappa shape index (κ3) is 8.86. The van der Waals surface area contributed by atoms with Crippen LogP contribution in [0.1, 0.15) is 38.5 Å². The Morgan fingerprint density at radius 3 is 2.12 bits per heavy atom. The Bertz CT molecular complexity index is 226. The number of unbranched alkanes of at least 4 members (excludes halogenated alkanes) is 2. The molecule has 0 spiro atoms. The highest BCUT2D eigenvalue weighted by atomic mass is 16.7. The molecule has 0 radical (unpaired) electrons. The summed E-state index contributed by atoms with van der Waals surface area (Å²) in [5.74, 6) is -1.02. The lowest BCUT2D eigenvalue weighted by molar-refractivity contribution is -0.158. The van der Waals surface area contributed by atoms with Crippen LogP contribution in [0.5, 0.6) is 0 Å². The Morgan fingerprint density at radius 2 is 1.56 bits per heavy atom. The zero-order valence-corrected chi connectivity index (χ0v) is 8.94. The molecule has 0 rings (SSSR count). The van der Waals surface area contributed by atoms with Crippen LogP contribution in [-0.2, 0) is 24.0 Å². The van der Waals surface area contributed by atoms with Crippen molar-refractivity contribution < 1.29 is 24.0 Å². The maximum absolute atomic E-state index is 11.0. The van der Waals surface area contributed by atoms with Crippen LogP contribution in [0.25, 0.3) is 0 Å². The minimum Gasteiger partial charge on any atom is -0.341 e. The van der Waals surface area contributed by atoms with Crippen LogP contribution in [0.4, 0.5) is 0 Å². The van der Waals surface area contributed by atoms with Crippen molar-refractivity contribution in [3.63, 3.8) is 0 Å². The van der Waals surface area contributed by atoms with Gasteiger partial charge in [-0.2, -0.15) is 5.48 Å². The molecule has 0 aromatic heterocycles. The number of rotatable bonds is 8. The maximum atomic E-state index is 11.0. The smallest absolute Gasteiger partial charge is 0.332 e. The van der Waals surface area contributed by atoms with E-state index >= 15 is 0 Å². The molecular formula is C10H15NO5. The van der Waals surface area contributed by atoms with E-state index < -0.39 is 11.9 Å². The van der Waals surface area contributed by atoms with Gasteiger partial charge in [0.15, 0.2) is 0 Å². The number of hydrogen-bond donors (Lipinski definition) is 1. The molecule has 0 aromatic carbocycles. The Labute approximate surface area is 93.3 Å². The summed E-state index contributed by atoms with van der Waals surface area (Å²) in [6.07, 6.45) is 3.10. The molecule has 0 aliphatic rings. The Hall–Kier alpha value is -1.72. The molecule has 0 atom stereocenters. The Kier molecular flexibility index (Phi) is 8.76. The highest BCUT2D eigenvalue weighted by Crippen LogP contribution is 1.95. The fourth-order valence-electron chi connectivity index (χ4n) is 0.892. The molecule has 0 aromatic rings. The van der Waals surface area contributed by atoms with E-state index in [-0.39, 0.29) is 12.8 Å². The number of carbonyl (C=O) groups excluding carboxylic acids is 4. The second-order valence-electron chi connectivity index (χ2n) is 3.12. The van der Waals surface area contributed by atoms with Crippen molar-refractivity contribution in [3.8, 4) is 0 Å². The van der Waals surface area contributed by atoms with Gasteiger partial charge in [0.2, 0.25) is 0 Å². The van der Waals surface area contributed by atoms with Gasteiger partial charge < -0.3 is 14.4 Å². The molecule has 90 valence electrons. The lowest BCUT2D eigenvalue weighted by Crippen LogP contribution is -2.26. The van der Waals surface area contributed by atoms with Crippen molar-refractivity contribution in [2.45, 2.75) is 38.5 Å². The minimum absolute atomic E-state index is 0.0906. The lowest BCUT2D eigenvalue weighted by Gasteiger charge is -2.04. The SMILES string of the molecule is O=CCCCC(=O)NOC(=O)CCCC=O. The van der Waals surface area contributed by atoms with Gasteiger partial charge in [0.05, 0.1) is 0 Å². The standard InChI is InChI=1S/C10H15NO5/c12-7-3-1-5-9(14)11-16-10(15)6-2-4-8-13/h7-8H,1-6H2,(H,11,14). The maximum Gasteiger partial charge on any atom is 0.332 e. The van der Waals surface area contributed by atoms with Crippen LogP contribution in [0.15, 0.2) is 0 Å². The first-order valence-electron chi connectivity index (χ1n) is 5.06. The topological polar surface area (TPSA) is 89.5 Å². The van der Waals surface area contributed by atoms with E-state index in [1.165, 1.54) is 0 Å². The number of nitrogens with one attached hydrogen (secondary N) is 1. The zero-order chi connectivity index (χ0) is 12.2. The number of carbonyl (C=O) groups is 4. The van der Waals surface area contributed by atoms with E-state index in [4.69, 9.17) is 0 Å². The molecule has 16 heavy (non-hydrogen) atoms. The Balaban J connectivity index is 3.47. The summed E-state index contributed by atoms with van der Waals surface area (Å²) in [5.41, 5.74) is 1.98. The van der Waals surface area contributed by atoms with Gasteiger partial charge in [0.25, 0.3) is 5.91 Å². The average Bonchev–Trinajstić information content (AvgIpc) is 2.27. The summed E-state index contributed by atoms with van der Waals surface area (Å²) < 4.78 is 0. The molecule has 0 unspecified atom stereocenters. The summed E-state index contributed by atoms with van der Waals surface area (Å²) in [6, 6.07) is 0. The van der Waals surface area contributed by atoms with Crippen molar-refractivity contribution in [1.29, 1.82) is 0 Å². The van der Waals surface area contributed by atoms with Crippen LogP contribution in [0.3, 0.4) is 0 Å². The van der Waals surface area contributed by atoms with Gasteiger partial charge in [-0.05, 0) is 12.8 Å². The van der Waals surface area contributed by atoms with E-state index in [1.54, 1.807) is 0 Å². The first kappa shape index (κ1) is 14.3. The highest BCUT2D eigenvalue weighted by molar-refractivity contribution is 5.78. The first-order chi connectivity index (χ1) is 7.70. The fraction of sp³-hybridized carbons (Fsp3) is 0.600. The predicted octanol–water partition coefficient (Wildman–Crippen LogP) is 0.299. The quantitative estimate of drug-likeness (QED) is 0.367. The van der Waals surface area contributed by atoms with Crippen LogP contribution in [0.2, 0.25) is 0 Å². The van der Waals surface area contributed by atoms with Crippen LogP contribution in [0, 0.1) is 0 Å². The molecule has 0 bridgehead atoms. The van der Waals surface area contributed by atoms with Gasteiger partial charge in [0, 0.05) is 25.7 Å².